The minimum absolute atomic E-state index is 0.119. The zero-order chi connectivity index (χ0) is 21.5. The molecule has 1 aliphatic rings. The fourth-order valence-electron chi connectivity index (χ4n) is 3.55. The van der Waals surface area contributed by atoms with E-state index in [-0.39, 0.29) is 29.0 Å². The molecule has 0 fully saturated rings. The van der Waals surface area contributed by atoms with Gasteiger partial charge in [-0.3, -0.25) is 9.48 Å². The topological polar surface area (TPSA) is 73.2 Å². The Hall–Kier alpha value is -3.10. The van der Waals surface area contributed by atoms with Gasteiger partial charge in [0.1, 0.15) is 11.5 Å². The largest absolute Gasteiger partial charge is 0.466 e. The molecule has 3 rings (SSSR count). The van der Waals surface area contributed by atoms with Crippen molar-refractivity contribution in [2.24, 2.45) is 7.05 Å². The minimum atomic E-state index is -4.55. The summed E-state index contributed by atoms with van der Waals surface area (Å²) in [6.45, 7) is 3.30. The normalized spacial score (nSPS) is 16.3. The van der Waals surface area contributed by atoms with E-state index in [1.807, 2.05) is 0 Å². The van der Waals surface area contributed by atoms with Crippen LogP contribution < -0.4 is 5.32 Å². The van der Waals surface area contributed by atoms with E-state index in [9.17, 15) is 22.8 Å². The molecule has 154 valence electrons. The third-order valence-electron chi connectivity index (χ3n) is 4.91. The Morgan fingerprint density at radius 3 is 2.59 bits per heavy atom. The maximum atomic E-state index is 13.3. The van der Waals surface area contributed by atoms with Crippen LogP contribution in [0.1, 0.15) is 53.4 Å². The summed E-state index contributed by atoms with van der Waals surface area (Å²) in [6.07, 6.45) is -4.39. The molecule has 0 radical (unpaired) electrons. The molecule has 1 N–H and O–H groups in total. The van der Waals surface area contributed by atoms with Gasteiger partial charge in [0.2, 0.25) is 0 Å². The number of ketones is 1. The summed E-state index contributed by atoms with van der Waals surface area (Å²) in [5, 5.41) is 7.31. The summed E-state index contributed by atoms with van der Waals surface area (Å²) < 4.78 is 46.3. The van der Waals surface area contributed by atoms with Gasteiger partial charge in [-0.05, 0) is 18.6 Å². The molecule has 1 aliphatic heterocycles. The van der Waals surface area contributed by atoms with Crippen molar-refractivity contribution in [3.8, 4) is 0 Å². The van der Waals surface area contributed by atoms with Crippen LogP contribution in [0.3, 0.4) is 0 Å². The molecule has 2 aromatic rings. The fourth-order valence-corrected chi connectivity index (χ4v) is 3.55. The van der Waals surface area contributed by atoms with Crippen LogP contribution >= 0.6 is 0 Å². The van der Waals surface area contributed by atoms with Crippen molar-refractivity contribution >= 4 is 17.6 Å². The Kier molecular flexibility index (Phi) is 5.25. The number of Topliss-reactive ketones (excluding diaryl/α,β-unsaturated/α-hetero) is 1. The third-order valence-corrected chi connectivity index (χ3v) is 4.91. The van der Waals surface area contributed by atoms with Gasteiger partial charge in [0, 0.05) is 30.6 Å². The number of esters is 1. The monoisotopic (exact) mass is 407 g/mol. The molecular formula is C20H20F3N3O3. The number of rotatable bonds is 4. The Morgan fingerprint density at radius 1 is 1.31 bits per heavy atom. The van der Waals surface area contributed by atoms with Crippen molar-refractivity contribution in [2.75, 3.05) is 12.4 Å². The molecule has 6 nitrogen and oxygen atoms in total. The zero-order valence-electron chi connectivity index (χ0n) is 16.3. The second-order valence-corrected chi connectivity index (χ2v) is 6.72. The average Bonchev–Trinajstić information content (AvgIpc) is 3.01. The predicted molar refractivity (Wildman–Crippen MR) is 99.5 cm³/mol. The highest BCUT2D eigenvalue weighted by Gasteiger charge is 2.40. The molecule has 1 atom stereocenters. The Labute approximate surface area is 165 Å². The second-order valence-electron chi connectivity index (χ2n) is 6.72. The minimum Gasteiger partial charge on any atom is -0.466 e. The van der Waals surface area contributed by atoms with Gasteiger partial charge in [0.15, 0.2) is 5.78 Å². The van der Waals surface area contributed by atoms with Crippen LogP contribution in [0.15, 0.2) is 35.5 Å². The molecule has 1 aromatic carbocycles. The number of fused-ring (bicyclic) bond motifs is 1. The van der Waals surface area contributed by atoms with Gasteiger partial charge >= 0.3 is 12.1 Å². The standard InChI is InChI=1S/C20H20F3N3O3/c1-5-13(27)17-16-15(11-7-6-8-12(9-11)20(21,22)23)14(19(28)29-4)10(2)24-18(16)26(3)25-17/h6-9,15,24H,5H2,1-4H3. The number of hydrogen-bond acceptors (Lipinski definition) is 5. The number of carbonyl (C=O) groups excluding carboxylic acids is 2. The van der Waals surface area contributed by atoms with Crippen LogP contribution in [0.25, 0.3) is 0 Å². The van der Waals surface area contributed by atoms with Crippen molar-refractivity contribution < 1.29 is 27.5 Å². The van der Waals surface area contributed by atoms with Crippen LogP contribution in [0, 0.1) is 0 Å². The van der Waals surface area contributed by atoms with Gasteiger partial charge in [-0.2, -0.15) is 18.3 Å². The van der Waals surface area contributed by atoms with Crippen molar-refractivity contribution in [1.82, 2.24) is 9.78 Å². The number of nitrogens with one attached hydrogen (secondary N) is 1. The molecule has 0 saturated carbocycles. The molecular weight excluding hydrogens is 387 g/mol. The number of halogens is 3. The van der Waals surface area contributed by atoms with Crippen molar-refractivity contribution in [3.63, 3.8) is 0 Å². The summed E-state index contributed by atoms with van der Waals surface area (Å²) in [5.41, 5.74) is 0.422. The van der Waals surface area contributed by atoms with Crippen LogP contribution in [-0.2, 0) is 22.8 Å². The number of methoxy groups -OCH3 is 1. The number of nitrogens with zero attached hydrogens (tertiary/aromatic N) is 2. The molecule has 0 aliphatic carbocycles. The first-order valence-corrected chi connectivity index (χ1v) is 8.93. The lowest BCUT2D eigenvalue weighted by molar-refractivity contribution is -0.137. The van der Waals surface area contributed by atoms with E-state index in [1.54, 1.807) is 20.9 Å². The van der Waals surface area contributed by atoms with E-state index in [2.05, 4.69) is 10.4 Å². The van der Waals surface area contributed by atoms with Gasteiger partial charge in [0.25, 0.3) is 0 Å². The van der Waals surface area contributed by atoms with Gasteiger partial charge in [0.05, 0.1) is 18.2 Å². The highest BCUT2D eigenvalue weighted by molar-refractivity contribution is 6.00. The molecule has 1 aromatic heterocycles. The van der Waals surface area contributed by atoms with Gasteiger partial charge in [-0.15, -0.1) is 0 Å². The van der Waals surface area contributed by atoms with E-state index in [0.29, 0.717) is 17.1 Å². The Bertz CT molecular complexity index is 1020. The summed E-state index contributed by atoms with van der Waals surface area (Å²) in [6, 6.07) is 4.73. The molecule has 0 saturated heterocycles. The number of aryl methyl sites for hydroxylation is 1. The van der Waals surface area contributed by atoms with Gasteiger partial charge < -0.3 is 10.1 Å². The quantitative estimate of drug-likeness (QED) is 0.612. The second kappa shape index (κ2) is 7.38. The Balaban J connectivity index is 2.33. The van der Waals surface area contributed by atoms with E-state index in [4.69, 9.17) is 4.74 Å². The fraction of sp³-hybridized carbons (Fsp3) is 0.350. The number of anilines is 1. The maximum absolute atomic E-state index is 13.3. The van der Waals surface area contributed by atoms with Crippen LogP contribution in [0.5, 0.6) is 0 Å². The van der Waals surface area contributed by atoms with Crippen LogP contribution in [0.4, 0.5) is 19.0 Å². The van der Waals surface area contributed by atoms with E-state index >= 15 is 0 Å². The number of alkyl halides is 3. The SMILES string of the molecule is CCC(=O)c1nn(C)c2c1C(c1cccc(C(F)(F)F)c1)C(C(=O)OC)=C(C)N2. The van der Waals surface area contributed by atoms with E-state index in [0.717, 1.165) is 12.1 Å². The molecule has 2 heterocycles. The third kappa shape index (κ3) is 3.52. The molecule has 0 amide bonds. The van der Waals surface area contributed by atoms with Crippen molar-refractivity contribution in [1.29, 1.82) is 0 Å². The molecule has 0 spiro atoms. The molecule has 9 heteroatoms. The lowest BCUT2D eigenvalue weighted by Crippen LogP contribution is -2.25. The zero-order valence-corrected chi connectivity index (χ0v) is 16.3. The van der Waals surface area contributed by atoms with Crippen LogP contribution in [0.2, 0.25) is 0 Å². The predicted octanol–water partition coefficient (Wildman–Crippen LogP) is 4.04. The first-order valence-electron chi connectivity index (χ1n) is 8.93. The number of carbonyl (C=O) groups is 2. The summed E-state index contributed by atoms with van der Waals surface area (Å²) >= 11 is 0. The Morgan fingerprint density at radius 2 is 2.00 bits per heavy atom. The highest BCUT2D eigenvalue weighted by Crippen LogP contribution is 2.45. The first-order chi connectivity index (χ1) is 13.6. The summed E-state index contributed by atoms with van der Waals surface area (Å²) in [4.78, 5) is 25.1. The van der Waals surface area contributed by atoms with Gasteiger partial charge in [-0.1, -0.05) is 25.1 Å². The van der Waals surface area contributed by atoms with Crippen molar-refractivity contribution in [3.05, 3.63) is 57.9 Å². The summed E-state index contributed by atoms with van der Waals surface area (Å²) in [5.74, 6) is -1.44. The number of hydrogen-bond donors (Lipinski definition) is 1. The van der Waals surface area contributed by atoms with Gasteiger partial charge in [-0.25, -0.2) is 4.79 Å². The number of aromatic nitrogens is 2. The van der Waals surface area contributed by atoms with E-state index in [1.165, 1.54) is 23.9 Å². The first kappa shape index (κ1) is 20.6. The maximum Gasteiger partial charge on any atom is 0.416 e. The lowest BCUT2D eigenvalue weighted by Gasteiger charge is -2.28. The molecule has 29 heavy (non-hydrogen) atoms. The van der Waals surface area contributed by atoms with Crippen molar-refractivity contribution in [2.45, 2.75) is 32.4 Å². The molecule has 1 unspecified atom stereocenters. The number of ether oxygens (including phenoxy) is 1. The number of benzene rings is 1. The molecule has 0 bridgehead atoms. The smallest absolute Gasteiger partial charge is 0.416 e. The number of allylic oxidation sites excluding steroid dienone is 1. The van der Waals surface area contributed by atoms with E-state index < -0.39 is 23.6 Å². The van der Waals surface area contributed by atoms with Crippen LogP contribution in [-0.4, -0.2) is 28.6 Å². The lowest BCUT2D eigenvalue weighted by atomic mass is 9.80. The average molecular weight is 407 g/mol. The summed E-state index contributed by atoms with van der Waals surface area (Å²) in [7, 11) is 2.82. The highest BCUT2D eigenvalue weighted by atomic mass is 19.4.